The molecule has 3 nitrogen and oxygen atoms in total. The molecule has 146 valence electrons. The molecule has 29 heavy (non-hydrogen) atoms. The molecule has 0 aliphatic carbocycles. The van der Waals surface area contributed by atoms with E-state index < -0.39 is 5.63 Å². The first-order valence-corrected chi connectivity index (χ1v) is 10.0. The second-order valence-electron chi connectivity index (χ2n) is 7.93. The first-order valence-electron chi connectivity index (χ1n) is 9.25. The first kappa shape index (κ1) is 19.7. The van der Waals surface area contributed by atoms with Gasteiger partial charge in [0.2, 0.25) is 0 Å². The Balaban J connectivity index is 2.08. The van der Waals surface area contributed by atoms with Crippen LogP contribution in [-0.2, 0) is 5.41 Å². The molecule has 4 rings (SSSR count). The molecule has 0 saturated carbocycles. The summed E-state index contributed by atoms with van der Waals surface area (Å²) in [5.41, 5.74) is 3.74. The van der Waals surface area contributed by atoms with Crippen LogP contribution < -0.4 is 5.63 Å². The van der Waals surface area contributed by atoms with Crippen LogP contribution in [0.15, 0.2) is 69.9 Å². The molecule has 1 heterocycles. The Kier molecular flexibility index (Phi) is 4.97. The van der Waals surface area contributed by atoms with E-state index in [0.29, 0.717) is 26.7 Å². The standard InChI is InChI=1S/C24H19Cl2NO2/c1-24(2,3)16-12-15(20-17(25)10-7-11-18(20)26)13-19-22(16)29-23(28)21(27-19)14-8-5-4-6-9-14/h4-13H,1-3H3. The van der Waals surface area contributed by atoms with Crippen molar-refractivity contribution in [1.82, 2.24) is 4.98 Å². The highest BCUT2D eigenvalue weighted by molar-refractivity contribution is 6.39. The molecule has 0 saturated heterocycles. The fraction of sp³-hybridized carbons (Fsp3) is 0.167. The summed E-state index contributed by atoms with van der Waals surface area (Å²) in [6.07, 6.45) is 0. The van der Waals surface area contributed by atoms with E-state index in [1.807, 2.05) is 48.5 Å². The Morgan fingerprint density at radius 1 is 0.862 bits per heavy atom. The van der Waals surface area contributed by atoms with Gasteiger partial charge in [0.25, 0.3) is 0 Å². The van der Waals surface area contributed by atoms with Crippen LogP contribution in [0.2, 0.25) is 10.0 Å². The molecule has 0 fully saturated rings. The highest BCUT2D eigenvalue weighted by Crippen LogP contribution is 2.39. The van der Waals surface area contributed by atoms with Crippen molar-refractivity contribution in [3.05, 3.63) is 86.7 Å². The highest BCUT2D eigenvalue weighted by atomic mass is 35.5. The topological polar surface area (TPSA) is 43.1 Å². The predicted molar refractivity (Wildman–Crippen MR) is 120 cm³/mol. The van der Waals surface area contributed by atoms with Crippen LogP contribution in [0.3, 0.4) is 0 Å². The van der Waals surface area contributed by atoms with Gasteiger partial charge in [-0.05, 0) is 35.2 Å². The third kappa shape index (κ3) is 3.68. The minimum atomic E-state index is -0.460. The maximum atomic E-state index is 12.7. The molecule has 0 atom stereocenters. The summed E-state index contributed by atoms with van der Waals surface area (Å²) in [7, 11) is 0. The maximum Gasteiger partial charge on any atom is 0.363 e. The number of aromatic nitrogens is 1. The molecular formula is C24H19Cl2NO2. The lowest BCUT2D eigenvalue weighted by atomic mass is 9.84. The quantitative estimate of drug-likeness (QED) is 0.344. The zero-order chi connectivity index (χ0) is 20.8. The van der Waals surface area contributed by atoms with E-state index in [4.69, 9.17) is 27.6 Å². The largest absolute Gasteiger partial charge is 0.419 e. The van der Waals surface area contributed by atoms with Crippen molar-refractivity contribution in [2.45, 2.75) is 26.2 Å². The number of hydrogen-bond donors (Lipinski definition) is 0. The number of halogens is 2. The van der Waals surface area contributed by atoms with Crippen LogP contribution in [0.4, 0.5) is 0 Å². The minimum absolute atomic E-state index is 0.278. The predicted octanol–water partition coefficient (Wildman–Crippen LogP) is 7.13. The van der Waals surface area contributed by atoms with Gasteiger partial charge in [0.1, 0.15) is 5.52 Å². The summed E-state index contributed by atoms with van der Waals surface area (Å²) in [6.45, 7) is 6.18. The van der Waals surface area contributed by atoms with Gasteiger partial charge in [0.15, 0.2) is 11.3 Å². The molecule has 0 bridgehead atoms. The average Bonchev–Trinajstić information content (AvgIpc) is 2.67. The minimum Gasteiger partial charge on any atom is -0.419 e. The smallest absolute Gasteiger partial charge is 0.363 e. The monoisotopic (exact) mass is 423 g/mol. The summed E-state index contributed by atoms with van der Waals surface area (Å²) in [6, 6.07) is 18.5. The maximum absolute atomic E-state index is 12.7. The average molecular weight is 424 g/mol. The molecule has 3 aromatic carbocycles. The second-order valence-corrected chi connectivity index (χ2v) is 8.75. The Hall–Kier alpha value is -2.62. The number of benzene rings is 3. The van der Waals surface area contributed by atoms with E-state index in [0.717, 1.165) is 16.7 Å². The van der Waals surface area contributed by atoms with Crippen LogP contribution in [0.5, 0.6) is 0 Å². The zero-order valence-corrected chi connectivity index (χ0v) is 17.8. The van der Waals surface area contributed by atoms with Gasteiger partial charge >= 0.3 is 5.63 Å². The molecule has 0 aliphatic heterocycles. The molecule has 0 aliphatic rings. The van der Waals surface area contributed by atoms with E-state index in [2.05, 4.69) is 25.8 Å². The van der Waals surface area contributed by atoms with E-state index >= 15 is 0 Å². The van der Waals surface area contributed by atoms with Crippen molar-refractivity contribution in [2.24, 2.45) is 0 Å². The van der Waals surface area contributed by atoms with E-state index in [1.165, 1.54) is 0 Å². The second kappa shape index (κ2) is 7.33. The number of rotatable bonds is 2. The SMILES string of the molecule is CC(C)(C)c1cc(-c2c(Cl)cccc2Cl)cc2nc(-c3ccccc3)c(=O)oc12. The van der Waals surface area contributed by atoms with Crippen molar-refractivity contribution in [2.75, 3.05) is 0 Å². The van der Waals surface area contributed by atoms with Crippen molar-refractivity contribution in [1.29, 1.82) is 0 Å². The molecule has 0 spiro atoms. The molecule has 0 N–H and O–H groups in total. The van der Waals surface area contributed by atoms with Crippen LogP contribution in [0, 0.1) is 0 Å². The lowest BCUT2D eigenvalue weighted by Crippen LogP contribution is -2.15. The fourth-order valence-corrected chi connectivity index (χ4v) is 3.98. The molecule has 5 heteroatoms. The molecule has 0 radical (unpaired) electrons. The Morgan fingerprint density at radius 2 is 1.52 bits per heavy atom. The van der Waals surface area contributed by atoms with Gasteiger partial charge in [-0.1, -0.05) is 80.4 Å². The van der Waals surface area contributed by atoms with Crippen LogP contribution in [0.1, 0.15) is 26.3 Å². The first-order chi connectivity index (χ1) is 13.8. The van der Waals surface area contributed by atoms with E-state index in [1.54, 1.807) is 12.1 Å². The van der Waals surface area contributed by atoms with Crippen LogP contribution >= 0.6 is 23.2 Å². The molecule has 0 unspecified atom stereocenters. The third-order valence-electron chi connectivity index (χ3n) is 4.80. The van der Waals surface area contributed by atoms with Gasteiger partial charge in [-0.2, -0.15) is 0 Å². The number of fused-ring (bicyclic) bond motifs is 1. The van der Waals surface area contributed by atoms with E-state index in [-0.39, 0.29) is 11.1 Å². The summed E-state index contributed by atoms with van der Waals surface area (Å²) in [4.78, 5) is 17.4. The van der Waals surface area contributed by atoms with Gasteiger partial charge in [-0.3, -0.25) is 0 Å². The fourth-order valence-electron chi connectivity index (χ4n) is 3.36. The normalized spacial score (nSPS) is 11.8. The Labute approximate surface area is 178 Å². The van der Waals surface area contributed by atoms with Gasteiger partial charge in [0.05, 0.1) is 0 Å². The highest BCUT2D eigenvalue weighted by Gasteiger charge is 2.23. The van der Waals surface area contributed by atoms with E-state index in [9.17, 15) is 4.79 Å². The number of hydrogen-bond acceptors (Lipinski definition) is 3. The summed E-state index contributed by atoms with van der Waals surface area (Å²) >= 11 is 12.9. The molecule has 1 aromatic heterocycles. The summed E-state index contributed by atoms with van der Waals surface area (Å²) in [5.74, 6) is 0. The van der Waals surface area contributed by atoms with Crippen LogP contribution in [0.25, 0.3) is 33.5 Å². The van der Waals surface area contributed by atoms with Gasteiger partial charge in [-0.15, -0.1) is 0 Å². The van der Waals surface area contributed by atoms with Gasteiger partial charge in [0, 0.05) is 26.7 Å². The molecule has 4 aromatic rings. The summed E-state index contributed by atoms with van der Waals surface area (Å²) < 4.78 is 5.77. The lowest BCUT2D eigenvalue weighted by molar-refractivity contribution is 0.527. The molecule has 0 amide bonds. The Bertz CT molecular complexity index is 1250. The van der Waals surface area contributed by atoms with Crippen molar-refractivity contribution in [3.63, 3.8) is 0 Å². The zero-order valence-electron chi connectivity index (χ0n) is 16.3. The van der Waals surface area contributed by atoms with Gasteiger partial charge < -0.3 is 4.42 Å². The van der Waals surface area contributed by atoms with Crippen LogP contribution in [-0.4, -0.2) is 4.98 Å². The summed E-state index contributed by atoms with van der Waals surface area (Å²) in [5, 5.41) is 1.11. The Morgan fingerprint density at radius 3 is 2.14 bits per heavy atom. The molecular weight excluding hydrogens is 405 g/mol. The number of nitrogens with zero attached hydrogens (tertiary/aromatic N) is 1. The third-order valence-corrected chi connectivity index (χ3v) is 5.43. The van der Waals surface area contributed by atoms with Crippen molar-refractivity contribution in [3.8, 4) is 22.4 Å². The van der Waals surface area contributed by atoms with Crippen molar-refractivity contribution >= 4 is 34.3 Å². The lowest BCUT2D eigenvalue weighted by Gasteiger charge is -2.22. The van der Waals surface area contributed by atoms with Crippen molar-refractivity contribution < 1.29 is 4.42 Å². The van der Waals surface area contributed by atoms with Gasteiger partial charge in [-0.25, -0.2) is 9.78 Å².